The van der Waals surface area contributed by atoms with Gasteiger partial charge in [0.15, 0.2) is 5.78 Å². The molecule has 0 aliphatic heterocycles. The highest BCUT2D eigenvalue weighted by Gasteiger charge is 2.31. The number of carbonyl (C=O) groups is 1. The molecule has 0 spiro atoms. The van der Waals surface area contributed by atoms with E-state index < -0.39 is 6.10 Å². The number of ether oxygens (including phenoxy) is 2. The van der Waals surface area contributed by atoms with Gasteiger partial charge in [0.05, 0.1) is 7.11 Å². The van der Waals surface area contributed by atoms with Crippen molar-refractivity contribution in [1.29, 1.82) is 0 Å². The van der Waals surface area contributed by atoms with Crippen LogP contribution in [0.2, 0.25) is 0 Å². The van der Waals surface area contributed by atoms with Gasteiger partial charge >= 0.3 is 0 Å². The molecule has 3 nitrogen and oxygen atoms in total. The monoisotopic (exact) mass is 318 g/mol. The number of ketones is 1. The summed E-state index contributed by atoms with van der Waals surface area (Å²) < 4.78 is 11.0. The molecule has 0 fully saturated rings. The van der Waals surface area contributed by atoms with E-state index in [1.165, 1.54) is 0 Å². The standard InChI is InChI=1S/C21H18O3/c1-23-17-11-8-14-12-18(24-2)21(22)20-15(9-10-16(17)19(14)20)13-6-4-3-5-7-13/h3-11,18H,12H2,1-2H3. The fourth-order valence-electron chi connectivity index (χ4n) is 3.60. The zero-order valence-corrected chi connectivity index (χ0v) is 13.7. The zero-order chi connectivity index (χ0) is 16.7. The highest BCUT2D eigenvalue weighted by atomic mass is 16.5. The first kappa shape index (κ1) is 14.9. The maximum absolute atomic E-state index is 13.1. The van der Waals surface area contributed by atoms with Gasteiger partial charge in [-0.2, -0.15) is 0 Å². The summed E-state index contributed by atoms with van der Waals surface area (Å²) in [6.07, 6.45) is 0.167. The quantitative estimate of drug-likeness (QED) is 0.723. The van der Waals surface area contributed by atoms with Crippen LogP contribution in [0.4, 0.5) is 0 Å². The topological polar surface area (TPSA) is 35.5 Å². The molecule has 0 N–H and O–H groups in total. The Bertz CT molecular complexity index is 929. The Kier molecular flexibility index (Phi) is 3.58. The summed E-state index contributed by atoms with van der Waals surface area (Å²) in [5.41, 5.74) is 3.85. The minimum Gasteiger partial charge on any atom is -0.496 e. The van der Waals surface area contributed by atoms with E-state index in [1.54, 1.807) is 14.2 Å². The Labute approximate surface area is 140 Å². The first-order valence-corrected chi connectivity index (χ1v) is 7.99. The first-order chi connectivity index (χ1) is 11.7. The summed E-state index contributed by atoms with van der Waals surface area (Å²) >= 11 is 0. The second-order valence-corrected chi connectivity index (χ2v) is 6.00. The van der Waals surface area contributed by atoms with E-state index in [4.69, 9.17) is 9.47 Å². The molecule has 0 aromatic heterocycles. The number of hydrogen-bond acceptors (Lipinski definition) is 3. The summed E-state index contributed by atoms with van der Waals surface area (Å²) in [6.45, 7) is 0. The summed E-state index contributed by atoms with van der Waals surface area (Å²) in [5.74, 6) is 0.834. The smallest absolute Gasteiger partial charge is 0.193 e. The molecule has 0 amide bonds. The molecule has 3 aromatic carbocycles. The van der Waals surface area contributed by atoms with Crippen molar-refractivity contribution in [3.63, 3.8) is 0 Å². The Morgan fingerprint density at radius 3 is 2.46 bits per heavy atom. The van der Waals surface area contributed by atoms with Crippen molar-refractivity contribution in [2.24, 2.45) is 0 Å². The Morgan fingerprint density at radius 1 is 0.958 bits per heavy atom. The number of methoxy groups -OCH3 is 2. The van der Waals surface area contributed by atoms with Gasteiger partial charge in [0.2, 0.25) is 0 Å². The van der Waals surface area contributed by atoms with Crippen LogP contribution in [0.5, 0.6) is 5.75 Å². The lowest BCUT2D eigenvalue weighted by atomic mass is 9.81. The SMILES string of the molecule is COc1ccc2c3c(c(-c4ccccc4)ccc13)C(=O)C(OC)C2. The molecule has 0 saturated carbocycles. The van der Waals surface area contributed by atoms with Crippen LogP contribution < -0.4 is 4.74 Å². The number of carbonyl (C=O) groups excluding carboxylic acids is 1. The van der Waals surface area contributed by atoms with Gasteiger partial charge in [0, 0.05) is 29.9 Å². The van der Waals surface area contributed by atoms with E-state index >= 15 is 0 Å². The molecule has 3 heteroatoms. The van der Waals surface area contributed by atoms with Crippen LogP contribution in [0.25, 0.3) is 21.9 Å². The lowest BCUT2D eigenvalue weighted by Crippen LogP contribution is -2.30. The Morgan fingerprint density at radius 2 is 1.75 bits per heavy atom. The van der Waals surface area contributed by atoms with E-state index in [0.717, 1.165) is 38.8 Å². The molecule has 1 aliphatic rings. The largest absolute Gasteiger partial charge is 0.496 e. The van der Waals surface area contributed by atoms with Crippen molar-refractivity contribution >= 4 is 16.6 Å². The van der Waals surface area contributed by atoms with Gasteiger partial charge in [-0.25, -0.2) is 0 Å². The van der Waals surface area contributed by atoms with Crippen molar-refractivity contribution in [3.05, 3.63) is 65.7 Å². The molecule has 1 aliphatic carbocycles. The number of hydrogen-bond donors (Lipinski definition) is 0. The van der Waals surface area contributed by atoms with Crippen LogP contribution >= 0.6 is 0 Å². The summed E-state index contributed by atoms with van der Waals surface area (Å²) in [4.78, 5) is 13.1. The van der Waals surface area contributed by atoms with E-state index in [9.17, 15) is 4.79 Å². The molecule has 4 rings (SSSR count). The van der Waals surface area contributed by atoms with Gasteiger partial charge in [-0.05, 0) is 28.8 Å². The third kappa shape index (κ3) is 2.13. The lowest BCUT2D eigenvalue weighted by Gasteiger charge is -2.26. The van der Waals surface area contributed by atoms with Crippen LogP contribution in [0.1, 0.15) is 15.9 Å². The van der Waals surface area contributed by atoms with Crippen LogP contribution in [-0.2, 0) is 11.2 Å². The van der Waals surface area contributed by atoms with Crippen molar-refractivity contribution in [2.45, 2.75) is 12.5 Å². The second kappa shape index (κ2) is 5.77. The van der Waals surface area contributed by atoms with Crippen LogP contribution in [-0.4, -0.2) is 26.1 Å². The highest BCUT2D eigenvalue weighted by Crippen LogP contribution is 2.40. The normalized spacial score (nSPS) is 16.4. The molecule has 0 bridgehead atoms. The van der Waals surface area contributed by atoms with Gasteiger partial charge in [0.25, 0.3) is 0 Å². The van der Waals surface area contributed by atoms with E-state index in [0.29, 0.717) is 6.42 Å². The van der Waals surface area contributed by atoms with Crippen LogP contribution in [0.3, 0.4) is 0 Å². The summed E-state index contributed by atoms with van der Waals surface area (Å²) in [5, 5.41) is 1.97. The summed E-state index contributed by atoms with van der Waals surface area (Å²) in [6, 6.07) is 18.1. The molecule has 3 aromatic rings. The lowest BCUT2D eigenvalue weighted by molar-refractivity contribution is 0.0601. The molecule has 0 saturated heterocycles. The van der Waals surface area contributed by atoms with E-state index in [1.807, 2.05) is 54.6 Å². The molecule has 0 heterocycles. The molecule has 1 atom stereocenters. The highest BCUT2D eigenvalue weighted by molar-refractivity contribution is 6.18. The second-order valence-electron chi connectivity index (χ2n) is 6.00. The molecule has 24 heavy (non-hydrogen) atoms. The third-order valence-corrected chi connectivity index (χ3v) is 4.76. The fraction of sp³-hybridized carbons (Fsp3) is 0.190. The predicted octanol–water partition coefficient (Wildman–Crippen LogP) is 4.27. The zero-order valence-electron chi connectivity index (χ0n) is 13.7. The number of rotatable bonds is 3. The minimum atomic E-state index is -0.432. The molecule has 1 unspecified atom stereocenters. The van der Waals surface area contributed by atoms with Gasteiger partial charge in [-0.3, -0.25) is 4.79 Å². The average molecular weight is 318 g/mol. The van der Waals surface area contributed by atoms with Crippen molar-refractivity contribution in [2.75, 3.05) is 14.2 Å². The maximum atomic E-state index is 13.1. The Balaban J connectivity index is 2.10. The van der Waals surface area contributed by atoms with E-state index in [-0.39, 0.29) is 5.78 Å². The molecule has 0 radical (unpaired) electrons. The molecular formula is C21H18O3. The average Bonchev–Trinajstić information content (AvgIpc) is 2.64. The van der Waals surface area contributed by atoms with E-state index in [2.05, 4.69) is 0 Å². The minimum absolute atomic E-state index is 0.0442. The maximum Gasteiger partial charge on any atom is 0.193 e. The van der Waals surface area contributed by atoms with Crippen LogP contribution in [0.15, 0.2) is 54.6 Å². The van der Waals surface area contributed by atoms with Crippen LogP contribution in [0, 0.1) is 0 Å². The Hall–Kier alpha value is -2.65. The van der Waals surface area contributed by atoms with Gasteiger partial charge in [-0.15, -0.1) is 0 Å². The van der Waals surface area contributed by atoms with Crippen molar-refractivity contribution in [3.8, 4) is 16.9 Å². The van der Waals surface area contributed by atoms with Gasteiger partial charge in [0.1, 0.15) is 11.9 Å². The van der Waals surface area contributed by atoms with Crippen molar-refractivity contribution < 1.29 is 14.3 Å². The molecular weight excluding hydrogens is 300 g/mol. The third-order valence-electron chi connectivity index (χ3n) is 4.76. The summed E-state index contributed by atoms with van der Waals surface area (Å²) in [7, 11) is 3.25. The number of Topliss-reactive ketones (excluding diaryl/α,β-unsaturated/α-hetero) is 1. The van der Waals surface area contributed by atoms with Crippen molar-refractivity contribution in [1.82, 2.24) is 0 Å². The number of benzene rings is 3. The fourth-order valence-corrected chi connectivity index (χ4v) is 3.60. The predicted molar refractivity (Wildman–Crippen MR) is 94.8 cm³/mol. The molecule has 120 valence electrons. The van der Waals surface area contributed by atoms with Gasteiger partial charge in [-0.1, -0.05) is 42.5 Å². The van der Waals surface area contributed by atoms with Gasteiger partial charge < -0.3 is 9.47 Å². The first-order valence-electron chi connectivity index (χ1n) is 7.99.